The first-order valence-electron chi connectivity index (χ1n) is 11.0. The van der Waals surface area contributed by atoms with Gasteiger partial charge in [0.1, 0.15) is 18.1 Å². The van der Waals surface area contributed by atoms with Crippen molar-refractivity contribution in [2.45, 2.75) is 69.1 Å². The topological polar surface area (TPSA) is 257 Å². The van der Waals surface area contributed by atoms with E-state index in [2.05, 4.69) is 16.0 Å². The minimum atomic E-state index is -1.47. The van der Waals surface area contributed by atoms with E-state index >= 15 is 0 Å². The van der Waals surface area contributed by atoms with Crippen LogP contribution < -0.4 is 33.2 Å². The van der Waals surface area contributed by atoms with Crippen LogP contribution in [0.4, 0.5) is 0 Å². The minimum absolute atomic E-state index is 0.129. The molecule has 0 fully saturated rings. The van der Waals surface area contributed by atoms with E-state index in [1.807, 2.05) is 0 Å². The molecule has 0 aromatic heterocycles. The summed E-state index contributed by atoms with van der Waals surface area (Å²) in [5, 5.41) is 25.3. The molecule has 14 nitrogen and oxygen atoms in total. The molecule has 15 heteroatoms. The molecule has 4 unspecified atom stereocenters. The summed E-state index contributed by atoms with van der Waals surface area (Å²) in [6.07, 6.45) is 1.85. The van der Waals surface area contributed by atoms with Gasteiger partial charge in [0, 0.05) is 6.42 Å². The van der Waals surface area contributed by atoms with Crippen LogP contribution in [0.1, 0.15) is 44.9 Å². The predicted molar refractivity (Wildman–Crippen MR) is 128 cm³/mol. The Morgan fingerprint density at radius 2 is 1.37 bits per heavy atom. The Morgan fingerprint density at radius 3 is 1.86 bits per heavy atom. The molecule has 0 aromatic carbocycles. The Labute approximate surface area is 207 Å². The van der Waals surface area contributed by atoms with Crippen molar-refractivity contribution in [1.29, 1.82) is 0 Å². The molecule has 0 aliphatic rings. The Bertz CT molecular complexity index is 753. The Morgan fingerprint density at radius 1 is 0.829 bits per heavy atom. The van der Waals surface area contributed by atoms with Gasteiger partial charge in [0.05, 0.1) is 12.5 Å². The van der Waals surface area contributed by atoms with Gasteiger partial charge >= 0.3 is 11.9 Å². The van der Waals surface area contributed by atoms with Gasteiger partial charge in [-0.1, -0.05) is 0 Å². The van der Waals surface area contributed by atoms with Gasteiger partial charge in [0.25, 0.3) is 0 Å². The second kappa shape index (κ2) is 17.5. The molecular weight excluding hydrogens is 484 g/mol. The lowest BCUT2D eigenvalue weighted by Crippen LogP contribution is -2.57. The SMILES string of the molecule is CSCCC(NC(=O)C(N)CC(N)=O)C(=O)NC(CCCCN)C(=O)NC(CCC(=O)O)C(=O)O. The van der Waals surface area contributed by atoms with E-state index in [4.69, 9.17) is 22.3 Å². The van der Waals surface area contributed by atoms with Crippen molar-refractivity contribution in [3.63, 3.8) is 0 Å². The highest BCUT2D eigenvalue weighted by Gasteiger charge is 2.30. The molecule has 0 saturated heterocycles. The summed E-state index contributed by atoms with van der Waals surface area (Å²) in [7, 11) is 0. The molecule has 4 atom stereocenters. The molecule has 0 heterocycles. The molecule has 0 spiro atoms. The highest BCUT2D eigenvalue weighted by Crippen LogP contribution is 2.07. The fourth-order valence-electron chi connectivity index (χ4n) is 2.92. The second-order valence-electron chi connectivity index (χ2n) is 7.80. The molecule has 0 aliphatic heterocycles. The number of nitrogens with two attached hydrogens (primary N) is 3. The van der Waals surface area contributed by atoms with E-state index < -0.39 is 72.6 Å². The number of hydrogen-bond acceptors (Lipinski definition) is 9. The summed E-state index contributed by atoms with van der Waals surface area (Å²) >= 11 is 1.41. The number of primary amides is 1. The van der Waals surface area contributed by atoms with Gasteiger partial charge in [0.2, 0.25) is 23.6 Å². The molecule has 0 rings (SSSR count). The van der Waals surface area contributed by atoms with Crippen LogP contribution in [0, 0.1) is 0 Å². The van der Waals surface area contributed by atoms with Crippen LogP contribution in [0.2, 0.25) is 0 Å². The third-order valence-electron chi connectivity index (χ3n) is 4.84. The number of hydrogen-bond donors (Lipinski definition) is 8. The zero-order valence-corrected chi connectivity index (χ0v) is 20.5. The zero-order valence-electron chi connectivity index (χ0n) is 19.7. The normalized spacial score (nSPS) is 14.1. The average Bonchev–Trinajstić information content (AvgIpc) is 2.77. The van der Waals surface area contributed by atoms with E-state index in [1.54, 1.807) is 6.26 Å². The van der Waals surface area contributed by atoms with Gasteiger partial charge in [-0.3, -0.25) is 24.0 Å². The standard InChI is InChI=1S/C20H36N6O8S/c1-35-9-7-13(24-17(30)11(22)10-15(23)27)19(32)25-12(4-2-3-8-21)18(31)26-14(20(33)34)5-6-16(28)29/h11-14H,2-10,21-22H2,1H3,(H2,23,27)(H,24,30)(H,25,32)(H,26,31)(H,28,29)(H,33,34). The lowest BCUT2D eigenvalue weighted by molar-refractivity contribution is -0.143. The number of carbonyl (C=O) groups excluding carboxylic acids is 4. The molecule has 0 radical (unpaired) electrons. The van der Waals surface area contributed by atoms with Gasteiger partial charge in [-0.15, -0.1) is 0 Å². The monoisotopic (exact) mass is 520 g/mol. The summed E-state index contributed by atoms with van der Waals surface area (Å²) in [5.74, 6) is -5.24. The molecule has 11 N–H and O–H groups in total. The maximum absolute atomic E-state index is 12.9. The first-order chi connectivity index (χ1) is 16.4. The molecule has 200 valence electrons. The summed E-state index contributed by atoms with van der Waals surface area (Å²) in [5.41, 5.74) is 16.2. The van der Waals surface area contributed by atoms with E-state index in [1.165, 1.54) is 11.8 Å². The van der Waals surface area contributed by atoms with Crippen LogP contribution in [0.15, 0.2) is 0 Å². The van der Waals surface area contributed by atoms with Crippen molar-refractivity contribution < 1.29 is 39.0 Å². The van der Waals surface area contributed by atoms with Crippen LogP contribution in [-0.4, -0.2) is 88.5 Å². The first-order valence-corrected chi connectivity index (χ1v) is 12.4. The van der Waals surface area contributed by atoms with E-state index in [0.29, 0.717) is 25.1 Å². The average molecular weight is 521 g/mol. The van der Waals surface area contributed by atoms with Crippen molar-refractivity contribution in [3.8, 4) is 0 Å². The van der Waals surface area contributed by atoms with Crippen LogP contribution in [-0.2, 0) is 28.8 Å². The molecule has 0 aliphatic carbocycles. The van der Waals surface area contributed by atoms with Crippen molar-refractivity contribution >= 4 is 47.3 Å². The molecular formula is C20H36N6O8S. The number of aliphatic carboxylic acids is 2. The van der Waals surface area contributed by atoms with Crippen LogP contribution in [0.5, 0.6) is 0 Å². The summed E-state index contributed by atoms with van der Waals surface area (Å²) in [6, 6.07) is -4.97. The fourth-order valence-corrected chi connectivity index (χ4v) is 3.40. The third-order valence-corrected chi connectivity index (χ3v) is 5.49. The summed E-state index contributed by atoms with van der Waals surface area (Å²) < 4.78 is 0. The molecule has 0 aromatic rings. The van der Waals surface area contributed by atoms with Crippen LogP contribution >= 0.6 is 11.8 Å². The van der Waals surface area contributed by atoms with Crippen molar-refractivity contribution in [3.05, 3.63) is 0 Å². The Hall–Kier alpha value is -2.91. The molecule has 0 saturated carbocycles. The third kappa shape index (κ3) is 14.2. The van der Waals surface area contributed by atoms with Crippen molar-refractivity contribution in [2.24, 2.45) is 17.2 Å². The number of thioether (sulfide) groups is 1. The van der Waals surface area contributed by atoms with E-state index in [-0.39, 0.29) is 19.3 Å². The molecule has 4 amide bonds. The van der Waals surface area contributed by atoms with Gasteiger partial charge in [-0.25, -0.2) is 4.79 Å². The number of nitrogens with one attached hydrogen (secondary N) is 3. The highest BCUT2D eigenvalue weighted by atomic mass is 32.2. The number of carboxylic acid groups (broad SMARTS) is 2. The summed E-state index contributed by atoms with van der Waals surface area (Å²) in [4.78, 5) is 71.3. The summed E-state index contributed by atoms with van der Waals surface area (Å²) in [6.45, 7) is 0.336. The van der Waals surface area contributed by atoms with Gasteiger partial charge in [-0.05, 0) is 50.7 Å². The van der Waals surface area contributed by atoms with E-state index in [0.717, 1.165) is 0 Å². The fraction of sp³-hybridized carbons (Fsp3) is 0.700. The smallest absolute Gasteiger partial charge is 0.326 e. The van der Waals surface area contributed by atoms with Crippen LogP contribution in [0.3, 0.4) is 0 Å². The van der Waals surface area contributed by atoms with Crippen LogP contribution in [0.25, 0.3) is 0 Å². The Kier molecular flexibility index (Phi) is 16.1. The van der Waals surface area contributed by atoms with Gasteiger partial charge in [0.15, 0.2) is 0 Å². The number of rotatable bonds is 19. The van der Waals surface area contributed by atoms with Gasteiger partial charge in [-0.2, -0.15) is 11.8 Å². The minimum Gasteiger partial charge on any atom is -0.481 e. The number of carbonyl (C=O) groups is 6. The number of amides is 4. The predicted octanol–water partition coefficient (Wildman–Crippen LogP) is -2.52. The van der Waals surface area contributed by atoms with Crippen molar-refractivity contribution in [2.75, 3.05) is 18.6 Å². The van der Waals surface area contributed by atoms with E-state index in [9.17, 15) is 33.9 Å². The largest absolute Gasteiger partial charge is 0.481 e. The number of unbranched alkanes of at least 4 members (excludes halogenated alkanes) is 1. The maximum Gasteiger partial charge on any atom is 0.326 e. The zero-order chi connectivity index (χ0) is 27.0. The number of carboxylic acids is 2. The van der Waals surface area contributed by atoms with Gasteiger partial charge < -0.3 is 43.4 Å². The highest BCUT2D eigenvalue weighted by molar-refractivity contribution is 7.98. The lowest BCUT2D eigenvalue weighted by atomic mass is 10.1. The molecule has 0 bridgehead atoms. The lowest BCUT2D eigenvalue weighted by Gasteiger charge is -2.25. The second-order valence-corrected chi connectivity index (χ2v) is 8.78. The maximum atomic E-state index is 12.9. The van der Waals surface area contributed by atoms with Crippen molar-refractivity contribution in [1.82, 2.24) is 16.0 Å². The first kappa shape index (κ1) is 32.1. The molecule has 35 heavy (non-hydrogen) atoms. The Balaban J connectivity index is 5.49. The quantitative estimate of drug-likeness (QED) is 0.0824.